The van der Waals surface area contributed by atoms with Gasteiger partial charge < -0.3 is 9.80 Å². The highest BCUT2D eigenvalue weighted by atomic mass is 32.1. The molecule has 6 heteroatoms. The largest absolute Gasteiger partial charge is 0.307 e. The van der Waals surface area contributed by atoms with E-state index in [1.54, 1.807) is 22.7 Å². The summed E-state index contributed by atoms with van der Waals surface area (Å²) in [5, 5.41) is 1.99. The van der Waals surface area contributed by atoms with Crippen molar-refractivity contribution in [3.8, 4) is 43.1 Å². The van der Waals surface area contributed by atoms with Crippen LogP contribution in [-0.2, 0) is 9.59 Å². The molecule has 524 valence electrons. The summed E-state index contributed by atoms with van der Waals surface area (Å²) in [6.07, 6.45) is 50.4. The third-order valence-corrected chi connectivity index (χ3v) is 23.2. The molecule has 4 nitrogen and oxygen atoms in total. The molecule has 0 bridgehead atoms. The fourth-order valence-electron chi connectivity index (χ4n) is 15.1. The summed E-state index contributed by atoms with van der Waals surface area (Å²) in [5.74, 6) is 1.03. The van der Waals surface area contributed by atoms with Gasteiger partial charge in [0.25, 0.3) is 11.8 Å². The number of thiophene rings is 2. The molecule has 4 heterocycles. The molecule has 2 amide bonds. The number of carbonyl (C=O) groups is 2. The molecule has 0 saturated carbocycles. The zero-order valence-corrected chi connectivity index (χ0v) is 63.2. The molecule has 97 heavy (non-hydrogen) atoms. The SMILES string of the molecule is CC.CCCCCCCCCCCCC(CCCCCCCCCC)CN1C(=O)C(c2ccc(-c3ccc(-c4ccccc4)cc3)s2)=c2cc3c(cc21)=C(c1ccc(-c2ccc(-c4ccccc4)cc2)s1)C(=O)N3CC(CCCCCCCCCC)CCCCCCCCCCC. The fraction of sp³-hybridized carbons (Fsp3) is 0.538. The van der Waals surface area contributed by atoms with Crippen molar-refractivity contribution in [3.05, 3.63) is 166 Å². The van der Waals surface area contributed by atoms with Crippen LogP contribution in [0.3, 0.4) is 0 Å². The molecule has 2 aliphatic heterocycles. The third-order valence-electron chi connectivity index (χ3n) is 20.9. The number of fused-ring (bicyclic) bond motifs is 2. The molecular formula is C91H126N2O2S2. The van der Waals surface area contributed by atoms with Crippen LogP contribution in [0.25, 0.3) is 54.3 Å². The molecule has 2 unspecified atom stereocenters. The van der Waals surface area contributed by atoms with Gasteiger partial charge in [0.15, 0.2) is 0 Å². The zero-order chi connectivity index (χ0) is 68.1. The first-order valence-electron chi connectivity index (χ1n) is 40.0. The lowest BCUT2D eigenvalue weighted by atomic mass is 9.93. The standard InChI is InChI=1S/C89H120N2O2S2.C2H6/c1-5-9-13-17-21-25-27-31-35-41-49-71(47-39-33-29-24-20-16-12-8-4)69-91-81-67-78-80(66-79(81)87(89(91)93)85-65-63-83(95-85)77-60-56-75(57-61-77)73-52-44-37-45-53-73)90(68-70(46-38-32-28-23-19-15-11-7-3)48-40-34-30-26-22-18-14-10-6-2)88(92)86(78)84-64-62-82(94-84)76-58-54-74(55-59-76)72-50-42-36-43-51-72;1-2/h36-37,42-45,50-67,70-71H,5-35,38-41,46-49,68-69H2,1-4H3;1-2H3. The van der Waals surface area contributed by atoms with Gasteiger partial charge in [0.05, 0.1) is 22.5 Å². The van der Waals surface area contributed by atoms with Crippen LogP contribution in [0.15, 0.2) is 146 Å². The van der Waals surface area contributed by atoms with Crippen molar-refractivity contribution in [1.29, 1.82) is 0 Å². The van der Waals surface area contributed by atoms with Gasteiger partial charge in [-0.3, -0.25) is 9.59 Å². The first-order chi connectivity index (χ1) is 47.9. The number of anilines is 2. The van der Waals surface area contributed by atoms with Crippen LogP contribution in [-0.4, -0.2) is 24.9 Å². The molecule has 0 radical (unpaired) electrons. The molecule has 9 rings (SSSR count). The van der Waals surface area contributed by atoms with Crippen molar-refractivity contribution in [2.45, 2.75) is 292 Å². The summed E-state index contributed by atoms with van der Waals surface area (Å²) >= 11 is 3.48. The van der Waals surface area contributed by atoms with E-state index in [9.17, 15) is 0 Å². The normalized spacial score (nSPS) is 13.4. The van der Waals surface area contributed by atoms with Crippen LogP contribution < -0.4 is 20.2 Å². The van der Waals surface area contributed by atoms with Gasteiger partial charge in [-0.15, -0.1) is 22.7 Å². The van der Waals surface area contributed by atoms with Crippen LogP contribution in [0, 0.1) is 11.8 Å². The van der Waals surface area contributed by atoms with Gasteiger partial charge in [-0.05, 0) is 107 Å². The van der Waals surface area contributed by atoms with Crippen molar-refractivity contribution in [1.82, 2.24) is 0 Å². The Morgan fingerprint density at radius 3 is 0.794 bits per heavy atom. The number of benzene rings is 5. The van der Waals surface area contributed by atoms with E-state index in [1.165, 1.54) is 247 Å². The number of hydrogen-bond acceptors (Lipinski definition) is 4. The molecule has 0 saturated heterocycles. The molecule has 2 aromatic heterocycles. The van der Waals surface area contributed by atoms with E-state index in [4.69, 9.17) is 0 Å². The molecule has 0 spiro atoms. The van der Waals surface area contributed by atoms with Crippen molar-refractivity contribution in [2.75, 3.05) is 22.9 Å². The predicted molar refractivity (Wildman–Crippen MR) is 427 cm³/mol. The average molecular weight is 1340 g/mol. The Hall–Kier alpha value is -5.82. The number of carbonyl (C=O) groups excluding carboxylic acids is 2. The average Bonchev–Trinajstić information content (AvgIpc) is 1.57. The molecule has 7 aromatic rings. The monoisotopic (exact) mass is 1340 g/mol. The molecule has 0 aliphatic carbocycles. The lowest BCUT2D eigenvalue weighted by Crippen LogP contribution is -2.35. The van der Waals surface area contributed by atoms with Gasteiger partial charge in [0.1, 0.15) is 0 Å². The van der Waals surface area contributed by atoms with Crippen LogP contribution in [0.2, 0.25) is 0 Å². The Morgan fingerprint density at radius 2 is 0.515 bits per heavy atom. The van der Waals surface area contributed by atoms with Gasteiger partial charge in [0, 0.05) is 43.0 Å². The summed E-state index contributed by atoms with van der Waals surface area (Å²) < 4.78 is 0. The Kier molecular flexibility index (Phi) is 35.2. The molecule has 2 atom stereocenters. The van der Waals surface area contributed by atoms with E-state index in [0.717, 1.165) is 89.3 Å². The number of unbranched alkanes of at least 4 members (excludes halogenated alkanes) is 31. The molecule has 0 N–H and O–H groups in total. The van der Waals surface area contributed by atoms with Crippen LogP contribution in [0.1, 0.15) is 302 Å². The maximum atomic E-state index is 16.1. The fourth-order valence-corrected chi connectivity index (χ4v) is 17.2. The second-order valence-electron chi connectivity index (χ2n) is 28.5. The number of rotatable bonds is 49. The van der Waals surface area contributed by atoms with Gasteiger partial charge in [0.2, 0.25) is 0 Å². The molecule has 5 aromatic carbocycles. The van der Waals surface area contributed by atoms with E-state index in [1.807, 2.05) is 13.8 Å². The minimum atomic E-state index is 0.120. The van der Waals surface area contributed by atoms with Crippen LogP contribution in [0.5, 0.6) is 0 Å². The number of amides is 2. The van der Waals surface area contributed by atoms with Crippen LogP contribution in [0.4, 0.5) is 11.4 Å². The zero-order valence-electron chi connectivity index (χ0n) is 61.5. The lowest BCUT2D eigenvalue weighted by molar-refractivity contribution is -0.114. The smallest absolute Gasteiger partial charge is 0.260 e. The summed E-state index contributed by atoms with van der Waals surface area (Å²) in [7, 11) is 0. The second kappa shape index (κ2) is 44.3. The topological polar surface area (TPSA) is 40.6 Å². The van der Waals surface area contributed by atoms with E-state index in [-0.39, 0.29) is 11.8 Å². The Bertz CT molecular complexity index is 3450. The Balaban J connectivity index is 0.00000595. The van der Waals surface area contributed by atoms with E-state index >= 15 is 9.59 Å². The molecule has 2 aliphatic rings. The third kappa shape index (κ3) is 23.9. The lowest BCUT2D eigenvalue weighted by Gasteiger charge is -2.27. The summed E-state index contributed by atoms with van der Waals surface area (Å²) in [5.41, 5.74) is 10.7. The number of nitrogens with zero attached hydrogens (tertiary/aromatic N) is 2. The first-order valence-corrected chi connectivity index (χ1v) is 41.6. The summed E-state index contributed by atoms with van der Waals surface area (Å²) in [6.45, 7) is 14.6. The van der Waals surface area contributed by atoms with Crippen molar-refractivity contribution < 1.29 is 9.59 Å². The quantitative estimate of drug-likeness (QED) is 0.0357. The first kappa shape index (κ1) is 76.9. The van der Waals surface area contributed by atoms with Crippen molar-refractivity contribution in [2.24, 2.45) is 11.8 Å². The summed E-state index contributed by atoms with van der Waals surface area (Å²) in [6, 6.07) is 52.7. The Labute approximate surface area is 598 Å². The predicted octanol–water partition coefficient (Wildman–Crippen LogP) is 27.1. The minimum absolute atomic E-state index is 0.120. The van der Waals surface area contributed by atoms with E-state index in [2.05, 4.69) is 183 Å². The Morgan fingerprint density at radius 1 is 0.278 bits per heavy atom. The van der Waals surface area contributed by atoms with Crippen molar-refractivity contribution >= 4 is 57.0 Å². The molecular weight excluding hydrogens is 1220 g/mol. The highest BCUT2D eigenvalue weighted by Crippen LogP contribution is 2.41. The van der Waals surface area contributed by atoms with E-state index < -0.39 is 0 Å². The minimum Gasteiger partial charge on any atom is -0.307 e. The van der Waals surface area contributed by atoms with E-state index in [0.29, 0.717) is 24.9 Å². The maximum absolute atomic E-state index is 16.1. The van der Waals surface area contributed by atoms with Crippen molar-refractivity contribution in [3.63, 3.8) is 0 Å². The number of hydrogen-bond donors (Lipinski definition) is 0. The maximum Gasteiger partial charge on any atom is 0.260 e. The van der Waals surface area contributed by atoms with Gasteiger partial charge in [-0.1, -0.05) is 375 Å². The molecule has 0 fully saturated rings. The summed E-state index contributed by atoms with van der Waals surface area (Å²) in [4.78, 5) is 40.9. The van der Waals surface area contributed by atoms with Crippen LogP contribution >= 0.6 is 22.7 Å². The van der Waals surface area contributed by atoms with Gasteiger partial charge in [-0.25, -0.2) is 0 Å². The highest BCUT2D eigenvalue weighted by molar-refractivity contribution is 7.17. The van der Waals surface area contributed by atoms with Gasteiger partial charge in [-0.2, -0.15) is 0 Å². The second-order valence-corrected chi connectivity index (χ2v) is 30.7. The van der Waals surface area contributed by atoms with Gasteiger partial charge >= 0.3 is 0 Å². The highest BCUT2D eigenvalue weighted by Gasteiger charge is 2.38.